The van der Waals surface area contributed by atoms with Crippen LogP contribution in [0.15, 0.2) is 77.5 Å². The lowest BCUT2D eigenvalue weighted by Gasteiger charge is -2.24. The van der Waals surface area contributed by atoms with Gasteiger partial charge in [0.15, 0.2) is 0 Å². The lowest BCUT2D eigenvalue weighted by atomic mass is 9.94. The van der Waals surface area contributed by atoms with Gasteiger partial charge in [-0.15, -0.1) is 0 Å². The zero-order valence-electron chi connectivity index (χ0n) is 33.0. The minimum atomic E-state index is -1.57. The number of hydrogen-bond acceptors (Lipinski definition) is 11. The second-order valence-electron chi connectivity index (χ2n) is 15.0. The summed E-state index contributed by atoms with van der Waals surface area (Å²) in [5.41, 5.74) is 7.21. The van der Waals surface area contributed by atoms with E-state index in [-0.39, 0.29) is 37.1 Å². The summed E-state index contributed by atoms with van der Waals surface area (Å²) >= 11 is 10.9. The molecular formula is C44H46BrClN6O7. The number of carbonyl (C=O) groups excluding carboxylic acids is 1. The van der Waals surface area contributed by atoms with Crippen molar-refractivity contribution in [3.8, 4) is 40.0 Å². The monoisotopic (exact) mass is 884 g/mol. The number of halogens is 2. The van der Waals surface area contributed by atoms with Crippen LogP contribution in [0.5, 0.6) is 17.6 Å². The van der Waals surface area contributed by atoms with E-state index in [2.05, 4.69) is 49.0 Å². The van der Waals surface area contributed by atoms with Crippen molar-refractivity contribution in [2.45, 2.75) is 76.9 Å². The Bertz CT molecular complexity index is 2370. The normalized spacial score (nSPS) is 16.9. The number of hydrogen-bond donors (Lipinski definition) is 5. The fourth-order valence-electron chi connectivity index (χ4n) is 7.37. The summed E-state index contributed by atoms with van der Waals surface area (Å²) < 4.78 is 19.1. The lowest BCUT2D eigenvalue weighted by Crippen LogP contribution is -2.52. The molecule has 15 heteroatoms. The molecule has 5 aromatic rings. The molecule has 3 atom stereocenters. The van der Waals surface area contributed by atoms with Gasteiger partial charge in [-0.3, -0.25) is 19.9 Å². The zero-order chi connectivity index (χ0) is 41.7. The summed E-state index contributed by atoms with van der Waals surface area (Å²) in [4.78, 5) is 37.4. The largest absolute Gasteiger partial charge is 0.481 e. The SMILES string of the molecule is COc1nc(-c2cccc(-c3cccc4c3CC[C@@H]4Oc3nc(OCc4cncc(C)c4)c(CN[C@@](C)(CO)C(=O)O)cc3Br)c2Cl)ccc1CNC[C@@H]1CCC(=O)N1. The first-order chi connectivity index (χ1) is 28.5. The standard InChI is InChI=1S/C44H46BrClN6O7/c1-25-16-26(19-47-18-25)23-58-41-28(21-49-44(2,24-53)43(55)56)17-35(45)42(52-41)59-37-14-12-31-30(6-4-7-32(31)37)33-8-5-9-34(39(33)46)36-13-10-27(40(51-36)57-3)20-48-22-29-11-15-38(54)50-29/h4-10,13,16-19,29,37,48-49,53H,11-12,14-15,20-24H2,1-3H3,(H,50,54)(H,55,56)/t29-,37-,44-/m0/s1. The van der Waals surface area contributed by atoms with Crippen LogP contribution in [-0.4, -0.2) is 68.9 Å². The van der Waals surface area contributed by atoms with Crippen molar-refractivity contribution in [2.75, 3.05) is 20.3 Å². The summed E-state index contributed by atoms with van der Waals surface area (Å²) in [7, 11) is 1.60. The summed E-state index contributed by atoms with van der Waals surface area (Å²) in [5, 5.41) is 29.4. The lowest BCUT2D eigenvalue weighted by molar-refractivity contribution is -0.146. The van der Waals surface area contributed by atoms with Crippen molar-refractivity contribution >= 4 is 39.4 Å². The molecular weight excluding hydrogens is 840 g/mol. The number of fused-ring (bicyclic) bond motifs is 1. The molecule has 5 N–H and O–H groups in total. The van der Waals surface area contributed by atoms with E-state index in [1.807, 2.05) is 49.4 Å². The quantitative estimate of drug-likeness (QED) is 0.0656. The Hall–Kier alpha value is -5.12. The van der Waals surface area contributed by atoms with Gasteiger partial charge in [0.2, 0.25) is 23.5 Å². The fourth-order valence-corrected chi connectivity index (χ4v) is 8.15. The number of methoxy groups -OCH3 is 1. The molecule has 2 aliphatic rings. The zero-order valence-corrected chi connectivity index (χ0v) is 35.3. The van der Waals surface area contributed by atoms with Gasteiger partial charge in [0.1, 0.15) is 18.2 Å². The van der Waals surface area contributed by atoms with Gasteiger partial charge in [0, 0.05) is 72.3 Å². The topological polar surface area (TPSA) is 177 Å². The Labute approximate surface area is 356 Å². The highest BCUT2D eigenvalue weighted by atomic mass is 79.9. The molecule has 3 aromatic heterocycles. The molecule has 1 fully saturated rings. The summed E-state index contributed by atoms with van der Waals surface area (Å²) in [5.74, 6) is -0.0150. The number of aromatic nitrogens is 3. The van der Waals surface area contributed by atoms with Crippen LogP contribution in [0.2, 0.25) is 5.02 Å². The predicted molar refractivity (Wildman–Crippen MR) is 226 cm³/mol. The highest BCUT2D eigenvalue weighted by molar-refractivity contribution is 9.10. The maximum Gasteiger partial charge on any atom is 0.326 e. The Morgan fingerprint density at radius 1 is 0.983 bits per heavy atom. The average molecular weight is 886 g/mol. The van der Waals surface area contributed by atoms with Crippen LogP contribution in [0, 0.1) is 6.92 Å². The van der Waals surface area contributed by atoms with E-state index < -0.39 is 18.1 Å². The third-order valence-corrected chi connectivity index (χ3v) is 11.7. The molecule has 308 valence electrons. The van der Waals surface area contributed by atoms with Gasteiger partial charge in [-0.1, -0.05) is 54.1 Å². The first kappa shape index (κ1) is 42.0. The molecule has 1 amide bonds. The molecule has 0 saturated carbocycles. The number of carboxylic acids is 1. The molecule has 13 nitrogen and oxygen atoms in total. The number of rotatable bonds is 17. The van der Waals surface area contributed by atoms with Gasteiger partial charge in [-0.05, 0) is 89.5 Å². The van der Waals surface area contributed by atoms with Gasteiger partial charge in [0.25, 0.3) is 0 Å². The second-order valence-corrected chi connectivity index (χ2v) is 16.3. The first-order valence-corrected chi connectivity index (χ1v) is 20.6. The number of nitrogens with zero attached hydrogens (tertiary/aromatic N) is 3. The molecule has 7 rings (SSSR count). The molecule has 1 aliphatic heterocycles. The van der Waals surface area contributed by atoms with E-state index in [0.717, 1.165) is 57.3 Å². The summed E-state index contributed by atoms with van der Waals surface area (Å²) in [6, 6.07) is 19.9. The number of ether oxygens (including phenoxy) is 3. The van der Waals surface area contributed by atoms with E-state index in [1.165, 1.54) is 6.92 Å². The highest BCUT2D eigenvalue weighted by Gasteiger charge is 2.33. The summed E-state index contributed by atoms with van der Waals surface area (Å²) in [6.07, 6.45) is 5.98. The highest BCUT2D eigenvalue weighted by Crippen LogP contribution is 2.45. The Kier molecular flexibility index (Phi) is 13.1. The number of carbonyl (C=O) groups is 2. The fraction of sp³-hybridized carbons (Fsp3) is 0.341. The smallest absolute Gasteiger partial charge is 0.326 e. The van der Waals surface area contributed by atoms with E-state index in [1.54, 1.807) is 25.6 Å². The van der Waals surface area contributed by atoms with E-state index in [9.17, 15) is 19.8 Å². The molecule has 4 heterocycles. The second kappa shape index (κ2) is 18.4. The maximum absolute atomic E-state index is 11.9. The van der Waals surface area contributed by atoms with Gasteiger partial charge >= 0.3 is 5.97 Å². The van der Waals surface area contributed by atoms with Gasteiger partial charge < -0.3 is 35.1 Å². The average Bonchev–Trinajstić information content (AvgIpc) is 3.85. The third-order valence-electron chi connectivity index (χ3n) is 10.7. The molecule has 0 unspecified atom stereocenters. The van der Waals surface area contributed by atoms with E-state index in [4.69, 9.17) is 35.8 Å². The molecule has 1 saturated heterocycles. The van der Waals surface area contributed by atoms with Crippen LogP contribution in [0.1, 0.15) is 65.7 Å². The number of carboxylic acid groups (broad SMARTS) is 1. The number of pyridine rings is 3. The van der Waals surface area contributed by atoms with Crippen LogP contribution in [0.4, 0.5) is 0 Å². The van der Waals surface area contributed by atoms with Crippen molar-refractivity contribution in [3.63, 3.8) is 0 Å². The van der Waals surface area contributed by atoms with E-state index in [0.29, 0.717) is 58.4 Å². The van der Waals surface area contributed by atoms with Gasteiger partial charge in [-0.2, -0.15) is 4.98 Å². The predicted octanol–water partition coefficient (Wildman–Crippen LogP) is 6.88. The molecule has 59 heavy (non-hydrogen) atoms. The van der Waals surface area contributed by atoms with Crippen molar-refractivity contribution < 1.29 is 34.0 Å². The van der Waals surface area contributed by atoms with Crippen LogP contribution >= 0.6 is 27.5 Å². The minimum Gasteiger partial charge on any atom is -0.481 e. The Balaban J connectivity index is 1.12. The van der Waals surface area contributed by atoms with Gasteiger partial charge in [-0.25, -0.2) is 4.98 Å². The van der Waals surface area contributed by atoms with Crippen molar-refractivity contribution in [1.29, 1.82) is 0 Å². The van der Waals surface area contributed by atoms with Crippen molar-refractivity contribution in [1.82, 2.24) is 30.9 Å². The molecule has 0 spiro atoms. The molecule has 0 bridgehead atoms. The van der Waals surface area contributed by atoms with Crippen LogP contribution in [0.3, 0.4) is 0 Å². The van der Waals surface area contributed by atoms with Crippen LogP contribution in [-0.2, 0) is 35.7 Å². The summed E-state index contributed by atoms with van der Waals surface area (Å²) in [6.45, 7) is 4.19. The number of aryl methyl sites for hydroxylation is 1. The van der Waals surface area contributed by atoms with E-state index >= 15 is 0 Å². The number of aliphatic hydroxyl groups is 1. The van der Waals surface area contributed by atoms with Crippen molar-refractivity contribution in [2.24, 2.45) is 0 Å². The molecule has 0 radical (unpaired) electrons. The molecule has 2 aromatic carbocycles. The van der Waals surface area contributed by atoms with Gasteiger partial charge in [0.05, 0.1) is 28.9 Å². The van der Waals surface area contributed by atoms with Crippen LogP contribution in [0.25, 0.3) is 22.4 Å². The van der Waals surface area contributed by atoms with Crippen molar-refractivity contribution in [3.05, 3.63) is 116 Å². The minimum absolute atomic E-state index is 0.0537. The number of benzene rings is 2. The number of nitrogens with one attached hydrogen (secondary N) is 3. The number of amides is 1. The third kappa shape index (κ3) is 9.53. The number of aliphatic hydroxyl groups excluding tert-OH is 1. The van der Waals surface area contributed by atoms with Crippen LogP contribution < -0.4 is 30.2 Å². The first-order valence-electron chi connectivity index (χ1n) is 19.4. The molecule has 1 aliphatic carbocycles. The Morgan fingerprint density at radius 3 is 2.53 bits per heavy atom. The maximum atomic E-state index is 11.9. The number of aliphatic carboxylic acids is 1. The Morgan fingerprint density at radius 2 is 1.78 bits per heavy atom.